The number of amidine groups is 1. The van der Waals surface area contributed by atoms with Crippen LogP contribution in [0.15, 0.2) is 24.3 Å². The van der Waals surface area contributed by atoms with Crippen LogP contribution in [0.2, 0.25) is 0 Å². The summed E-state index contributed by atoms with van der Waals surface area (Å²) in [4.78, 5) is 0. The highest BCUT2D eigenvalue weighted by Gasteiger charge is 2.17. The second kappa shape index (κ2) is 3.09. The molecule has 0 unspecified atom stereocenters. The summed E-state index contributed by atoms with van der Waals surface area (Å²) in [6.45, 7) is 1.02. The predicted octanol–water partition coefficient (Wildman–Crippen LogP) is 1.06. The van der Waals surface area contributed by atoms with Crippen LogP contribution in [0.25, 0.3) is 0 Å². The molecule has 0 radical (unpaired) electrons. The van der Waals surface area contributed by atoms with Gasteiger partial charge in [0.05, 0.1) is 13.0 Å². The first-order chi connectivity index (χ1) is 6.27. The fraction of sp³-hybridized carbons (Fsp3) is 0.300. The summed E-state index contributed by atoms with van der Waals surface area (Å²) < 4.78 is 2.14. The van der Waals surface area contributed by atoms with Crippen molar-refractivity contribution in [3.63, 3.8) is 0 Å². The molecule has 0 saturated heterocycles. The first-order valence-corrected chi connectivity index (χ1v) is 4.52. The lowest BCUT2D eigenvalue weighted by Gasteiger charge is -2.02. The van der Waals surface area contributed by atoms with E-state index < -0.39 is 0 Å². The summed E-state index contributed by atoms with van der Waals surface area (Å²) in [7, 11) is 0. The Kier molecular flexibility index (Phi) is 1.93. The molecule has 1 heterocycles. The molecule has 0 spiro atoms. The van der Waals surface area contributed by atoms with Gasteiger partial charge in [0, 0.05) is 5.69 Å². The Morgan fingerprint density at radius 2 is 1.77 bits per heavy atom. The predicted molar refractivity (Wildman–Crippen MR) is 54.1 cm³/mol. The molecule has 1 aliphatic rings. The molecule has 3 heteroatoms. The third-order valence-electron chi connectivity index (χ3n) is 2.37. The molecule has 1 aromatic rings. The van der Waals surface area contributed by atoms with Crippen molar-refractivity contribution in [1.82, 2.24) is 0 Å². The van der Waals surface area contributed by atoms with Crippen molar-refractivity contribution in [3.8, 4) is 0 Å². The highest BCUT2D eigenvalue weighted by atomic mass is 15.1. The topological polar surface area (TPSA) is 55.0 Å². The molecule has 0 aliphatic carbocycles. The molecule has 0 fully saturated rings. The van der Waals surface area contributed by atoms with E-state index in [0.29, 0.717) is 0 Å². The zero-order valence-corrected chi connectivity index (χ0v) is 7.53. The molecule has 0 saturated carbocycles. The lowest BCUT2D eigenvalue weighted by atomic mass is 10.3. The number of benzene rings is 1. The summed E-state index contributed by atoms with van der Waals surface area (Å²) in [6, 6.07) is 7.82. The largest absolute Gasteiger partial charge is 0.399 e. The maximum absolute atomic E-state index is 5.86. The zero-order chi connectivity index (χ0) is 9.26. The van der Waals surface area contributed by atoms with Crippen LogP contribution in [0, 0.1) is 0 Å². The molecular formula is C10H14N3+. The minimum atomic E-state index is 0.793. The van der Waals surface area contributed by atoms with Crippen LogP contribution in [-0.4, -0.2) is 17.0 Å². The van der Waals surface area contributed by atoms with E-state index in [1.165, 1.54) is 0 Å². The molecule has 0 amide bonds. The molecule has 0 atom stereocenters. The summed E-state index contributed by atoms with van der Waals surface area (Å²) in [5.74, 6) is 0.963. The van der Waals surface area contributed by atoms with Crippen LogP contribution in [0.4, 0.5) is 11.4 Å². The van der Waals surface area contributed by atoms with E-state index in [1.807, 2.05) is 24.3 Å². The number of hydrogen-bond donors (Lipinski definition) is 2. The monoisotopic (exact) mass is 176 g/mol. The van der Waals surface area contributed by atoms with Gasteiger partial charge in [0.1, 0.15) is 5.69 Å². The average molecular weight is 176 g/mol. The van der Waals surface area contributed by atoms with Crippen LogP contribution in [-0.2, 0) is 0 Å². The summed E-state index contributed by atoms with van der Waals surface area (Å²) >= 11 is 0. The van der Waals surface area contributed by atoms with E-state index in [4.69, 9.17) is 11.5 Å². The van der Waals surface area contributed by atoms with Gasteiger partial charge >= 0.3 is 0 Å². The summed E-state index contributed by atoms with van der Waals surface area (Å²) in [5, 5.41) is 0. The second-order valence-electron chi connectivity index (χ2n) is 3.34. The Morgan fingerprint density at radius 3 is 2.31 bits per heavy atom. The van der Waals surface area contributed by atoms with Crippen LogP contribution in [0.3, 0.4) is 0 Å². The van der Waals surface area contributed by atoms with E-state index in [0.717, 1.165) is 36.6 Å². The van der Waals surface area contributed by atoms with Gasteiger partial charge in [-0.25, -0.2) is 4.58 Å². The summed E-state index contributed by atoms with van der Waals surface area (Å²) in [5.41, 5.74) is 13.4. The number of rotatable bonds is 1. The van der Waals surface area contributed by atoms with Gasteiger partial charge in [-0.15, -0.1) is 0 Å². The van der Waals surface area contributed by atoms with Crippen molar-refractivity contribution in [2.45, 2.75) is 12.8 Å². The van der Waals surface area contributed by atoms with Gasteiger partial charge in [0.15, 0.2) is 0 Å². The van der Waals surface area contributed by atoms with Gasteiger partial charge in [0.25, 0.3) is 0 Å². The maximum atomic E-state index is 5.86. The first-order valence-electron chi connectivity index (χ1n) is 4.52. The Balaban J connectivity index is 2.36. The number of nitrogen functional groups attached to an aromatic ring is 1. The molecule has 4 N–H and O–H groups in total. The van der Waals surface area contributed by atoms with Crippen molar-refractivity contribution in [2.75, 3.05) is 12.3 Å². The molecular weight excluding hydrogens is 162 g/mol. The molecule has 68 valence electrons. The molecule has 2 rings (SSSR count). The highest BCUT2D eigenvalue weighted by molar-refractivity contribution is 5.77. The number of nitrogens with two attached hydrogens (primary N) is 2. The first kappa shape index (κ1) is 8.10. The minimum Gasteiger partial charge on any atom is -0.399 e. The second-order valence-corrected chi connectivity index (χ2v) is 3.34. The van der Waals surface area contributed by atoms with E-state index >= 15 is 0 Å². The quantitative estimate of drug-likeness (QED) is 0.496. The standard InChI is InChI=1S/C10H13N3/c11-8-3-5-9(6-4-8)13-7-1-2-10(13)12/h3-6,12H,1-2,7,11H2/p+1. The number of anilines is 1. The minimum absolute atomic E-state index is 0.793. The Bertz CT molecular complexity index is 338. The third-order valence-corrected chi connectivity index (χ3v) is 2.37. The lowest BCUT2D eigenvalue weighted by molar-refractivity contribution is -0.432. The normalized spacial score (nSPS) is 16.6. The zero-order valence-electron chi connectivity index (χ0n) is 7.53. The van der Waals surface area contributed by atoms with Gasteiger partial charge < -0.3 is 5.73 Å². The van der Waals surface area contributed by atoms with Gasteiger partial charge in [-0.1, -0.05) is 0 Å². The SMILES string of the molecule is NC1=[N+](c2ccc(N)cc2)CCC1. The highest BCUT2D eigenvalue weighted by Crippen LogP contribution is 2.18. The van der Waals surface area contributed by atoms with Crippen molar-refractivity contribution in [2.24, 2.45) is 5.73 Å². The maximum Gasteiger partial charge on any atom is 0.247 e. The van der Waals surface area contributed by atoms with Crippen LogP contribution >= 0.6 is 0 Å². The van der Waals surface area contributed by atoms with Gasteiger partial charge in [-0.05, 0) is 30.7 Å². The molecule has 0 bridgehead atoms. The third kappa shape index (κ3) is 1.49. The molecule has 0 aromatic heterocycles. The van der Waals surface area contributed by atoms with Crippen LogP contribution < -0.4 is 11.5 Å². The van der Waals surface area contributed by atoms with Crippen LogP contribution in [0.5, 0.6) is 0 Å². The van der Waals surface area contributed by atoms with E-state index in [1.54, 1.807) is 0 Å². The molecule has 3 nitrogen and oxygen atoms in total. The van der Waals surface area contributed by atoms with E-state index in [9.17, 15) is 0 Å². The van der Waals surface area contributed by atoms with Gasteiger partial charge in [-0.2, -0.15) is 0 Å². The number of hydrogen-bond acceptors (Lipinski definition) is 2. The molecule has 1 aliphatic heterocycles. The lowest BCUT2D eigenvalue weighted by Crippen LogP contribution is -2.18. The van der Waals surface area contributed by atoms with E-state index in [2.05, 4.69) is 4.58 Å². The smallest absolute Gasteiger partial charge is 0.247 e. The molecule has 13 heavy (non-hydrogen) atoms. The van der Waals surface area contributed by atoms with Gasteiger partial charge in [0.2, 0.25) is 5.84 Å². The van der Waals surface area contributed by atoms with Crippen molar-refractivity contribution in [1.29, 1.82) is 0 Å². The summed E-state index contributed by atoms with van der Waals surface area (Å²) in [6.07, 6.45) is 2.15. The fourth-order valence-electron chi connectivity index (χ4n) is 1.65. The van der Waals surface area contributed by atoms with E-state index in [-0.39, 0.29) is 0 Å². The van der Waals surface area contributed by atoms with Crippen molar-refractivity contribution in [3.05, 3.63) is 24.3 Å². The van der Waals surface area contributed by atoms with Crippen molar-refractivity contribution < 1.29 is 4.58 Å². The molecule has 1 aromatic carbocycles. The van der Waals surface area contributed by atoms with Crippen molar-refractivity contribution >= 4 is 17.2 Å². The Morgan fingerprint density at radius 1 is 1.08 bits per heavy atom. The average Bonchev–Trinajstić information content (AvgIpc) is 2.53. The number of nitrogens with zero attached hydrogens (tertiary/aromatic N) is 1. The Hall–Kier alpha value is -1.51. The van der Waals surface area contributed by atoms with Crippen LogP contribution in [0.1, 0.15) is 12.8 Å². The van der Waals surface area contributed by atoms with Gasteiger partial charge in [-0.3, -0.25) is 5.73 Å². The Labute approximate surface area is 77.7 Å². The fourth-order valence-corrected chi connectivity index (χ4v) is 1.65.